The van der Waals surface area contributed by atoms with Crippen LogP contribution in [0.5, 0.6) is 0 Å². The van der Waals surface area contributed by atoms with Gasteiger partial charge in [-0.1, -0.05) is 36.0 Å². The number of benzene rings is 1. The standard InChI is InChI=1S/C20H21N5S/c1-2-7-18(8-3-1)24-10-12-25(13-11-24)19-14-20(23-16-22-19)26-15-17-6-4-5-9-21-17/h1-9,14,16H,10-13,15H2. The number of hydrogen-bond donors (Lipinski definition) is 0. The van der Waals surface area contributed by atoms with Gasteiger partial charge in [0.15, 0.2) is 0 Å². The van der Waals surface area contributed by atoms with E-state index in [-0.39, 0.29) is 0 Å². The normalized spacial score (nSPS) is 14.5. The van der Waals surface area contributed by atoms with Gasteiger partial charge in [0.1, 0.15) is 17.2 Å². The van der Waals surface area contributed by atoms with Gasteiger partial charge in [0.25, 0.3) is 0 Å². The van der Waals surface area contributed by atoms with Crippen molar-refractivity contribution in [3.05, 3.63) is 72.8 Å². The highest BCUT2D eigenvalue weighted by atomic mass is 32.2. The van der Waals surface area contributed by atoms with Gasteiger partial charge in [-0.2, -0.15) is 0 Å². The molecule has 0 radical (unpaired) electrons. The van der Waals surface area contributed by atoms with E-state index in [0.717, 1.165) is 48.5 Å². The fourth-order valence-electron chi connectivity index (χ4n) is 3.05. The van der Waals surface area contributed by atoms with E-state index in [0.29, 0.717) is 0 Å². The van der Waals surface area contributed by atoms with Crippen molar-refractivity contribution in [3.8, 4) is 0 Å². The highest BCUT2D eigenvalue weighted by molar-refractivity contribution is 7.98. The lowest BCUT2D eigenvalue weighted by atomic mass is 10.2. The van der Waals surface area contributed by atoms with E-state index in [1.165, 1.54) is 5.69 Å². The number of hydrogen-bond acceptors (Lipinski definition) is 6. The van der Waals surface area contributed by atoms with Crippen LogP contribution in [-0.2, 0) is 5.75 Å². The SMILES string of the molecule is c1ccc(N2CCN(c3cc(SCc4ccccn4)ncn3)CC2)cc1. The molecule has 2 aromatic heterocycles. The predicted molar refractivity (Wildman–Crippen MR) is 107 cm³/mol. The Kier molecular flexibility index (Phi) is 5.30. The lowest BCUT2D eigenvalue weighted by Gasteiger charge is -2.36. The number of aromatic nitrogens is 3. The zero-order chi connectivity index (χ0) is 17.6. The summed E-state index contributed by atoms with van der Waals surface area (Å²) in [5, 5.41) is 0.992. The summed E-state index contributed by atoms with van der Waals surface area (Å²) in [6.45, 7) is 3.95. The minimum absolute atomic E-state index is 0.819. The maximum absolute atomic E-state index is 4.48. The van der Waals surface area contributed by atoms with Gasteiger partial charge < -0.3 is 9.80 Å². The molecule has 6 heteroatoms. The van der Waals surface area contributed by atoms with E-state index < -0.39 is 0 Å². The zero-order valence-electron chi connectivity index (χ0n) is 14.5. The van der Waals surface area contributed by atoms with Crippen molar-refractivity contribution in [3.63, 3.8) is 0 Å². The molecule has 0 atom stereocenters. The maximum atomic E-state index is 4.48. The second-order valence-corrected chi connectivity index (χ2v) is 7.13. The van der Waals surface area contributed by atoms with Crippen LogP contribution in [0.1, 0.15) is 5.69 Å². The van der Waals surface area contributed by atoms with Gasteiger partial charge in [0, 0.05) is 49.9 Å². The van der Waals surface area contributed by atoms with E-state index in [1.807, 2.05) is 24.4 Å². The minimum atomic E-state index is 0.819. The summed E-state index contributed by atoms with van der Waals surface area (Å²) in [4.78, 5) is 18.0. The smallest absolute Gasteiger partial charge is 0.133 e. The highest BCUT2D eigenvalue weighted by Crippen LogP contribution is 2.24. The van der Waals surface area contributed by atoms with Crippen molar-refractivity contribution >= 4 is 23.3 Å². The van der Waals surface area contributed by atoms with Crippen molar-refractivity contribution in [2.24, 2.45) is 0 Å². The van der Waals surface area contributed by atoms with Crippen LogP contribution in [0, 0.1) is 0 Å². The molecule has 1 aromatic carbocycles. The molecule has 0 aliphatic carbocycles. The van der Waals surface area contributed by atoms with Crippen LogP contribution in [0.3, 0.4) is 0 Å². The second kappa shape index (κ2) is 8.19. The Morgan fingerprint density at radius 3 is 2.35 bits per heavy atom. The molecule has 0 N–H and O–H groups in total. The summed E-state index contributed by atoms with van der Waals surface area (Å²) in [5.74, 6) is 1.83. The molecule has 132 valence electrons. The van der Waals surface area contributed by atoms with Crippen molar-refractivity contribution in [1.82, 2.24) is 15.0 Å². The maximum Gasteiger partial charge on any atom is 0.133 e. The Hall–Kier alpha value is -2.60. The molecular weight excluding hydrogens is 342 g/mol. The Balaban J connectivity index is 1.36. The molecule has 1 aliphatic heterocycles. The fourth-order valence-corrected chi connectivity index (χ4v) is 3.82. The first kappa shape index (κ1) is 16.8. The highest BCUT2D eigenvalue weighted by Gasteiger charge is 2.18. The van der Waals surface area contributed by atoms with Crippen molar-refractivity contribution in [2.75, 3.05) is 36.0 Å². The van der Waals surface area contributed by atoms with Crippen LogP contribution in [0.2, 0.25) is 0 Å². The van der Waals surface area contributed by atoms with Gasteiger partial charge in [-0.3, -0.25) is 4.98 Å². The van der Waals surface area contributed by atoms with Crippen LogP contribution >= 0.6 is 11.8 Å². The Labute approximate surface area is 158 Å². The third-order valence-electron chi connectivity index (χ3n) is 4.45. The average Bonchev–Trinajstić information content (AvgIpc) is 2.74. The summed E-state index contributed by atoms with van der Waals surface area (Å²) in [5.41, 5.74) is 2.36. The third-order valence-corrected chi connectivity index (χ3v) is 5.41. The van der Waals surface area contributed by atoms with E-state index in [9.17, 15) is 0 Å². The van der Waals surface area contributed by atoms with Gasteiger partial charge >= 0.3 is 0 Å². The van der Waals surface area contributed by atoms with E-state index in [4.69, 9.17) is 0 Å². The number of thioether (sulfide) groups is 1. The molecule has 1 aliphatic rings. The summed E-state index contributed by atoms with van der Waals surface area (Å²) in [6, 6.07) is 18.7. The lowest BCUT2D eigenvalue weighted by Crippen LogP contribution is -2.46. The first-order valence-corrected chi connectivity index (χ1v) is 9.77. The van der Waals surface area contributed by atoms with Crippen LogP contribution in [-0.4, -0.2) is 41.1 Å². The third kappa shape index (κ3) is 4.14. The van der Waals surface area contributed by atoms with Gasteiger partial charge in [0.2, 0.25) is 0 Å². The number of nitrogens with zero attached hydrogens (tertiary/aromatic N) is 5. The molecule has 1 saturated heterocycles. The van der Waals surface area contributed by atoms with Crippen molar-refractivity contribution in [2.45, 2.75) is 10.8 Å². The van der Waals surface area contributed by atoms with E-state index in [2.05, 4.69) is 61.1 Å². The van der Waals surface area contributed by atoms with Crippen LogP contribution in [0.25, 0.3) is 0 Å². The van der Waals surface area contributed by atoms with Gasteiger partial charge in [-0.25, -0.2) is 9.97 Å². The number of para-hydroxylation sites is 1. The summed E-state index contributed by atoms with van der Waals surface area (Å²) in [6.07, 6.45) is 3.49. The number of pyridine rings is 1. The van der Waals surface area contributed by atoms with Gasteiger partial charge in [-0.05, 0) is 24.3 Å². The zero-order valence-corrected chi connectivity index (χ0v) is 15.3. The summed E-state index contributed by atoms with van der Waals surface area (Å²) in [7, 11) is 0. The minimum Gasteiger partial charge on any atom is -0.368 e. The summed E-state index contributed by atoms with van der Waals surface area (Å²) >= 11 is 1.70. The molecule has 1 fully saturated rings. The van der Waals surface area contributed by atoms with Crippen molar-refractivity contribution < 1.29 is 0 Å². The fraction of sp³-hybridized carbons (Fsp3) is 0.250. The number of piperazine rings is 1. The van der Waals surface area contributed by atoms with E-state index in [1.54, 1.807) is 18.1 Å². The first-order valence-electron chi connectivity index (χ1n) is 8.78. The predicted octanol–water partition coefficient (Wildman–Crippen LogP) is 3.49. The topological polar surface area (TPSA) is 45.2 Å². The van der Waals surface area contributed by atoms with Crippen molar-refractivity contribution in [1.29, 1.82) is 0 Å². The van der Waals surface area contributed by atoms with Crippen LogP contribution < -0.4 is 9.80 Å². The van der Waals surface area contributed by atoms with Gasteiger partial charge in [-0.15, -0.1) is 0 Å². The molecule has 5 nitrogen and oxygen atoms in total. The number of rotatable bonds is 5. The monoisotopic (exact) mass is 363 g/mol. The molecule has 0 spiro atoms. The summed E-state index contributed by atoms with van der Waals surface area (Å²) < 4.78 is 0. The molecule has 3 aromatic rings. The average molecular weight is 363 g/mol. The molecule has 26 heavy (non-hydrogen) atoms. The largest absolute Gasteiger partial charge is 0.368 e. The van der Waals surface area contributed by atoms with Gasteiger partial charge in [0.05, 0.1) is 5.69 Å². The Bertz CT molecular complexity index is 820. The quantitative estimate of drug-likeness (QED) is 0.511. The first-order chi connectivity index (χ1) is 12.9. The molecule has 0 unspecified atom stereocenters. The van der Waals surface area contributed by atoms with Crippen LogP contribution in [0.4, 0.5) is 11.5 Å². The van der Waals surface area contributed by atoms with Crippen LogP contribution in [0.15, 0.2) is 72.1 Å². The molecular formula is C20H21N5S. The Morgan fingerprint density at radius 2 is 1.58 bits per heavy atom. The molecule has 4 rings (SSSR count). The number of anilines is 2. The molecule has 0 saturated carbocycles. The molecule has 0 bridgehead atoms. The molecule has 0 amide bonds. The lowest BCUT2D eigenvalue weighted by molar-refractivity contribution is 0.645. The van der Waals surface area contributed by atoms with E-state index >= 15 is 0 Å². The second-order valence-electron chi connectivity index (χ2n) is 6.13. The Morgan fingerprint density at radius 1 is 0.808 bits per heavy atom. The molecule has 3 heterocycles.